The van der Waals surface area contributed by atoms with E-state index in [2.05, 4.69) is 6.92 Å². The van der Waals surface area contributed by atoms with E-state index in [4.69, 9.17) is 4.74 Å². The highest BCUT2D eigenvalue weighted by Gasteiger charge is 1.95. The Bertz CT molecular complexity index is 155. The summed E-state index contributed by atoms with van der Waals surface area (Å²) in [7, 11) is 0. The van der Waals surface area contributed by atoms with E-state index in [0.717, 1.165) is 12.8 Å². The van der Waals surface area contributed by atoms with Crippen molar-refractivity contribution >= 4 is 5.97 Å². The zero-order chi connectivity index (χ0) is 12.1. The van der Waals surface area contributed by atoms with Crippen LogP contribution in [0.25, 0.3) is 0 Å². The van der Waals surface area contributed by atoms with Gasteiger partial charge in [0, 0.05) is 6.92 Å². The Morgan fingerprint density at radius 2 is 1.44 bits per heavy atom. The highest BCUT2D eigenvalue weighted by Crippen LogP contribution is 2.11. The molecule has 0 aromatic rings. The second-order valence-corrected chi connectivity index (χ2v) is 4.39. The van der Waals surface area contributed by atoms with Gasteiger partial charge in [-0.05, 0) is 12.8 Å². The first-order valence-corrected chi connectivity index (χ1v) is 6.76. The van der Waals surface area contributed by atoms with Gasteiger partial charge in [0.2, 0.25) is 0 Å². The first kappa shape index (κ1) is 15.5. The van der Waals surface area contributed by atoms with Gasteiger partial charge in [-0.1, -0.05) is 58.3 Å². The lowest BCUT2D eigenvalue weighted by molar-refractivity contribution is -0.137. The summed E-state index contributed by atoms with van der Waals surface area (Å²) in [5, 5.41) is 0. The van der Waals surface area contributed by atoms with Gasteiger partial charge in [-0.2, -0.15) is 0 Å². The van der Waals surface area contributed by atoms with Crippen LogP contribution in [0.2, 0.25) is 0 Å². The van der Waals surface area contributed by atoms with Crippen molar-refractivity contribution in [3.8, 4) is 0 Å². The van der Waals surface area contributed by atoms with Gasteiger partial charge in [0.25, 0.3) is 0 Å². The Balaban J connectivity index is 2.90. The maximum atomic E-state index is 10.5. The molecule has 0 aliphatic heterocycles. The first-order valence-electron chi connectivity index (χ1n) is 6.76. The molecule has 2 nitrogen and oxygen atoms in total. The van der Waals surface area contributed by atoms with Crippen molar-refractivity contribution in [1.82, 2.24) is 0 Å². The smallest absolute Gasteiger partial charge is 0.303 e. The molecule has 0 aromatic carbocycles. The molecule has 2 heteroatoms. The quantitative estimate of drug-likeness (QED) is 0.380. The third-order valence-electron chi connectivity index (χ3n) is 2.67. The summed E-state index contributed by atoms with van der Waals surface area (Å²) in [5.74, 6) is -0.212. The Kier molecular flexibility index (Phi) is 12.1. The predicted octanol–water partition coefficient (Wildman–Crippen LogP) is 4.63. The zero-order valence-electron chi connectivity index (χ0n) is 11.0. The second kappa shape index (κ2) is 12.5. The summed E-state index contributed by atoms with van der Waals surface area (Å²) in [5.41, 5.74) is 0. The fraction of sp³-hybridized carbons (Fsp3) is 0.857. The SMILES string of the molecule is CCCCCCCCCCC[CH]OC(C)=O. The lowest BCUT2D eigenvalue weighted by Gasteiger charge is -2.02. The predicted molar refractivity (Wildman–Crippen MR) is 67.9 cm³/mol. The molecule has 0 rings (SSSR count). The number of hydrogen-bond donors (Lipinski definition) is 0. The molecule has 0 fully saturated rings. The number of hydrogen-bond acceptors (Lipinski definition) is 2. The van der Waals surface area contributed by atoms with Gasteiger partial charge in [-0.25, -0.2) is 0 Å². The van der Waals surface area contributed by atoms with Crippen LogP contribution < -0.4 is 0 Å². The maximum absolute atomic E-state index is 10.5. The second-order valence-electron chi connectivity index (χ2n) is 4.39. The van der Waals surface area contributed by atoms with Crippen LogP contribution in [-0.4, -0.2) is 5.97 Å². The summed E-state index contributed by atoms with van der Waals surface area (Å²) in [6.45, 7) is 5.32. The van der Waals surface area contributed by atoms with Crippen LogP contribution in [0.15, 0.2) is 0 Å². The van der Waals surface area contributed by atoms with Gasteiger partial charge in [-0.3, -0.25) is 4.79 Å². The van der Waals surface area contributed by atoms with Crippen molar-refractivity contribution < 1.29 is 9.53 Å². The van der Waals surface area contributed by atoms with E-state index in [9.17, 15) is 4.79 Å². The molecular formula is C14H27O2. The van der Waals surface area contributed by atoms with Crippen molar-refractivity contribution in [3.05, 3.63) is 6.61 Å². The molecule has 0 aliphatic rings. The van der Waals surface area contributed by atoms with Crippen molar-refractivity contribution in [1.29, 1.82) is 0 Å². The van der Waals surface area contributed by atoms with Crippen molar-refractivity contribution in [3.63, 3.8) is 0 Å². The topological polar surface area (TPSA) is 26.3 Å². The third kappa shape index (κ3) is 13.5. The molecule has 0 atom stereocenters. The Hall–Kier alpha value is -0.530. The number of rotatable bonds is 11. The monoisotopic (exact) mass is 227 g/mol. The molecule has 95 valence electrons. The Labute approximate surface area is 101 Å². The molecule has 0 bridgehead atoms. The fourth-order valence-electron chi connectivity index (χ4n) is 1.71. The normalized spacial score (nSPS) is 10.4. The van der Waals surface area contributed by atoms with E-state index in [1.807, 2.05) is 0 Å². The number of carbonyl (C=O) groups excluding carboxylic acids is 1. The highest BCUT2D eigenvalue weighted by molar-refractivity contribution is 5.66. The van der Waals surface area contributed by atoms with Gasteiger partial charge in [0.15, 0.2) is 0 Å². The molecule has 1 radical (unpaired) electrons. The fourth-order valence-corrected chi connectivity index (χ4v) is 1.71. The number of ether oxygens (including phenoxy) is 1. The van der Waals surface area contributed by atoms with Crippen LogP contribution in [0.3, 0.4) is 0 Å². The van der Waals surface area contributed by atoms with Crippen LogP contribution in [-0.2, 0) is 9.53 Å². The minimum atomic E-state index is -0.212. The van der Waals surface area contributed by atoms with Crippen LogP contribution in [0, 0.1) is 6.61 Å². The Morgan fingerprint density at radius 3 is 1.94 bits per heavy atom. The molecular weight excluding hydrogens is 200 g/mol. The van der Waals surface area contributed by atoms with E-state index in [1.54, 1.807) is 6.61 Å². The largest absolute Gasteiger partial charge is 0.459 e. The standard InChI is InChI=1S/C14H27O2/c1-3-4-5-6-7-8-9-10-11-12-13-16-14(2)15/h13H,3-12H2,1-2H3. The zero-order valence-corrected chi connectivity index (χ0v) is 11.0. The molecule has 0 aliphatic carbocycles. The highest BCUT2D eigenvalue weighted by atomic mass is 16.5. The average molecular weight is 227 g/mol. The Morgan fingerprint density at radius 1 is 0.938 bits per heavy atom. The molecule has 0 aromatic heterocycles. The number of unbranched alkanes of at least 4 members (excludes halogenated alkanes) is 9. The lowest BCUT2D eigenvalue weighted by atomic mass is 10.1. The van der Waals surface area contributed by atoms with E-state index >= 15 is 0 Å². The van der Waals surface area contributed by atoms with E-state index in [1.165, 1.54) is 58.3 Å². The van der Waals surface area contributed by atoms with Crippen LogP contribution in [0.5, 0.6) is 0 Å². The lowest BCUT2D eigenvalue weighted by Crippen LogP contribution is -1.94. The number of esters is 1. The van der Waals surface area contributed by atoms with Crippen LogP contribution >= 0.6 is 0 Å². The summed E-state index contributed by atoms with van der Waals surface area (Å²) in [4.78, 5) is 10.5. The molecule has 0 heterocycles. The third-order valence-corrected chi connectivity index (χ3v) is 2.67. The molecule has 0 spiro atoms. The van der Waals surface area contributed by atoms with Gasteiger partial charge in [0.1, 0.15) is 6.61 Å². The van der Waals surface area contributed by atoms with E-state index in [0.29, 0.717) is 0 Å². The van der Waals surface area contributed by atoms with Gasteiger partial charge in [0.05, 0.1) is 0 Å². The van der Waals surface area contributed by atoms with E-state index < -0.39 is 0 Å². The minimum Gasteiger partial charge on any atom is -0.459 e. The summed E-state index contributed by atoms with van der Waals surface area (Å²) in [6.07, 6.45) is 12.9. The molecule has 0 N–H and O–H groups in total. The van der Waals surface area contributed by atoms with Crippen molar-refractivity contribution in [2.45, 2.75) is 78.1 Å². The summed E-state index contributed by atoms with van der Waals surface area (Å²) < 4.78 is 4.75. The summed E-state index contributed by atoms with van der Waals surface area (Å²) >= 11 is 0. The van der Waals surface area contributed by atoms with Crippen molar-refractivity contribution in [2.24, 2.45) is 0 Å². The minimum absolute atomic E-state index is 0.212. The molecule has 0 saturated carbocycles. The van der Waals surface area contributed by atoms with Crippen molar-refractivity contribution in [2.75, 3.05) is 0 Å². The molecule has 0 unspecified atom stereocenters. The number of carbonyl (C=O) groups is 1. The van der Waals surface area contributed by atoms with Gasteiger partial charge >= 0.3 is 5.97 Å². The van der Waals surface area contributed by atoms with E-state index in [-0.39, 0.29) is 5.97 Å². The van der Waals surface area contributed by atoms with Crippen LogP contribution in [0.4, 0.5) is 0 Å². The first-order chi connectivity index (χ1) is 7.77. The average Bonchev–Trinajstić information content (AvgIpc) is 2.25. The molecule has 16 heavy (non-hydrogen) atoms. The maximum Gasteiger partial charge on any atom is 0.303 e. The molecule has 0 amide bonds. The van der Waals surface area contributed by atoms with Crippen LogP contribution in [0.1, 0.15) is 78.1 Å². The summed E-state index contributed by atoms with van der Waals surface area (Å²) in [6, 6.07) is 0. The molecule has 0 saturated heterocycles. The van der Waals surface area contributed by atoms with Gasteiger partial charge < -0.3 is 4.74 Å². The van der Waals surface area contributed by atoms with Gasteiger partial charge in [-0.15, -0.1) is 0 Å².